The van der Waals surface area contributed by atoms with Crippen LogP contribution < -0.4 is 4.74 Å². The van der Waals surface area contributed by atoms with Crippen LogP contribution in [0.1, 0.15) is 43.5 Å². The van der Waals surface area contributed by atoms with Gasteiger partial charge in [-0.1, -0.05) is 78.9 Å². The highest BCUT2D eigenvalue weighted by atomic mass is 16.7. The molecule has 194 valence electrons. The fourth-order valence-electron chi connectivity index (χ4n) is 4.99. The van der Waals surface area contributed by atoms with Gasteiger partial charge in [0.1, 0.15) is 18.5 Å². The van der Waals surface area contributed by atoms with Crippen molar-refractivity contribution in [3.05, 3.63) is 108 Å². The summed E-state index contributed by atoms with van der Waals surface area (Å²) in [7, 11) is 0. The van der Waals surface area contributed by atoms with Crippen molar-refractivity contribution >= 4 is 5.57 Å². The van der Waals surface area contributed by atoms with Gasteiger partial charge in [-0.15, -0.1) is 0 Å². The van der Waals surface area contributed by atoms with Crippen LogP contribution in [-0.4, -0.2) is 49.2 Å². The zero-order valence-electron chi connectivity index (χ0n) is 22.0. The summed E-state index contributed by atoms with van der Waals surface area (Å²) >= 11 is 0. The largest absolute Gasteiger partial charge is 0.489 e. The molecule has 3 aromatic rings. The fraction of sp³-hybridized carbons (Fsp3) is 0.375. The van der Waals surface area contributed by atoms with Crippen molar-refractivity contribution < 1.29 is 18.9 Å². The second-order valence-corrected chi connectivity index (χ2v) is 10.3. The second-order valence-electron chi connectivity index (χ2n) is 10.3. The Bertz CT molecular complexity index is 1160. The minimum atomic E-state index is -0.553. The molecule has 37 heavy (non-hydrogen) atoms. The van der Waals surface area contributed by atoms with Crippen LogP contribution in [0.5, 0.6) is 5.75 Å². The first-order valence-electron chi connectivity index (χ1n) is 13.2. The van der Waals surface area contributed by atoms with E-state index in [-0.39, 0.29) is 12.2 Å². The molecule has 0 unspecified atom stereocenters. The SMILES string of the molecule is C[C@H](c1ccccc1)N1CC=C(c2ccc(OCc3ccccc3)cc2)[C@H](OC[C@H]2COC(C)(C)O2)C1. The van der Waals surface area contributed by atoms with Crippen molar-refractivity contribution in [2.75, 3.05) is 26.3 Å². The van der Waals surface area contributed by atoms with Crippen LogP contribution >= 0.6 is 0 Å². The smallest absolute Gasteiger partial charge is 0.163 e. The van der Waals surface area contributed by atoms with E-state index in [1.165, 1.54) is 11.1 Å². The zero-order chi connectivity index (χ0) is 25.7. The van der Waals surface area contributed by atoms with E-state index in [0.717, 1.165) is 30.0 Å². The maximum absolute atomic E-state index is 6.53. The van der Waals surface area contributed by atoms with Gasteiger partial charge in [-0.3, -0.25) is 4.90 Å². The summed E-state index contributed by atoms with van der Waals surface area (Å²) in [6, 6.07) is 29.5. The van der Waals surface area contributed by atoms with Gasteiger partial charge >= 0.3 is 0 Å². The van der Waals surface area contributed by atoms with Crippen LogP contribution in [0.2, 0.25) is 0 Å². The van der Waals surface area contributed by atoms with Crippen LogP contribution in [0.15, 0.2) is 91.0 Å². The number of hydrogen-bond acceptors (Lipinski definition) is 5. The first-order valence-corrected chi connectivity index (χ1v) is 13.2. The Morgan fingerprint density at radius 1 is 0.946 bits per heavy atom. The van der Waals surface area contributed by atoms with Crippen molar-refractivity contribution in [3.63, 3.8) is 0 Å². The number of rotatable bonds is 9. The minimum Gasteiger partial charge on any atom is -0.489 e. The Labute approximate surface area is 220 Å². The third-order valence-electron chi connectivity index (χ3n) is 7.11. The molecule has 2 heterocycles. The third kappa shape index (κ3) is 6.68. The molecule has 0 aliphatic carbocycles. The van der Waals surface area contributed by atoms with Gasteiger partial charge in [-0.25, -0.2) is 0 Å². The summed E-state index contributed by atoms with van der Waals surface area (Å²) < 4.78 is 24.3. The number of ether oxygens (including phenoxy) is 4. The van der Waals surface area contributed by atoms with Crippen LogP contribution in [0.25, 0.3) is 5.57 Å². The average molecular weight is 500 g/mol. The molecular weight excluding hydrogens is 462 g/mol. The topological polar surface area (TPSA) is 40.2 Å². The molecule has 0 radical (unpaired) electrons. The Kier molecular flexibility index (Phi) is 8.06. The summed E-state index contributed by atoms with van der Waals surface area (Å²) in [4.78, 5) is 2.47. The van der Waals surface area contributed by atoms with E-state index in [9.17, 15) is 0 Å². The molecular formula is C32H37NO4. The van der Waals surface area contributed by atoms with Gasteiger partial charge in [0.2, 0.25) is 0 Å². The number of hydrogen-bond donors (Lipinski definition) is 0. The first-order chi connectivity index (χ1) is 18.0. The molecule has 5 heteroatoms. The summed E-state index contributed by atoms with van der Waals surface area (Å²) in [5.41, 5.74) is 4.84. The molecule has 0 spiro atoms. The van der Waals surface area contributed by atoms with E-state index >= 15 is 0 Å². The van der Waals surface area contributed by atoms with E-state index in [1.54, 1.807) is 0 Å². The van der Waals surface area contributed by atoms with Crippen LogP contribution in [0.4, 0.5) is 0 Å². The lowest BCUT2D eigenvalue weighted by molar-refractivity contribution is -0.146. The third-order valence-corrected chi connectivity index (χ3v) is 7.11. The Morgan fingerprint density at radius 3 is 2.32 bits per heavy atom. The summed E-state index contributed by atoms with van der Waals surface area (Å²) in [6.45, 7) is 9.45. The first kappa shape index (κ1) is 25.7. The maximum atomic E-state index is 6.53. The van der Waals surface area contributed by atoms with Crippen molar-refractivity contribution in [1.29, 1.82) is 0 Å². The highest BCUT2D eigenvalue weighted by Gasteiger charge is 2.34. The summed E-state index contributed by atoms with van der Waals surface area (Å²) in [6.07, 6.45) is 2.18. The highest BCUT2D eigenvalue weighted by molar-refractivity contribution is 5.70. The van der Waals surface area contributed by atoms with Crippen LogP contribution in [-0.2, 0) is 20.8 Å². The van der Waals surface area contributed by atoms with Gasteiger partial charge in [-0.05, 0) is 55.2 Å². The lowest BCUT2D eigenvalue weighted by Gasteiger charge is -2.37. The van der Waals surface area contributed by atoms with E-state index in [0.29, 0.717) is 25.9 Å². The molecule has 1 fully saturated rings. The van der Waals surface area contributed by atoms with E-state index < -0.39 is 5.79 Å². The normalized spacial score (nSPS) is 22.4. The van der Waals surface area contributed by atoms with E-state index in [2.05, 4.69) is 72.5 Å². The number of benzene rings is 3. The van der Waals surface area contributed by atoms with Gasteiger partial charge in [-0.2, -0.15) is 0 Å². The maximum Gasteiger partial charge on any atom is 0.163 e. The van der Waals surface area contributed by atoms with Crippen molar-refractivity contribution in [2.45, 2.75) is 51.4 Å². The van der Waals surface area contributed by atoms with Crippen molar-refractivity contribution in [1.82, 2.24) is 4.90 Å². The molecule has 5 rings (SSSR count). The molecule has 1 saturated heterocycles. The highest BCUT2D eigenvalue weighted by Crippen LogP contribution is 2.32. The number of nitrogens with zero attached hydrogens (tertiary/aromatic N) is 1. The molecule has 3 atom stereocenters. The molecule has 2 aliphatic rings. The lowest BCUT2D eigenvalue weighted by atomic mass is 9.95. The summed E-state index contributed by atoms with van der Waals surface area (Å²) in [5, 5.41) is 0. The fourth-order valence-corrected chi connectivity index (χ4v) is 4.99. The molecule has 0 aromatic heterocycles. The lowest BCUT2D eigenvalue weighted by Crippen LogP contribution is -2.41. The van der Waals surface area contributed by atoms with E-state index in [1.807, 2.05) is 44.2 Å². The molecule has 3 aromatic carbocycles. The quantitative estimate of drug-likeness (QED) is 0.347. The van der Waals surface area contributed by atoms with E-state index in [4.69, 9.17) is 18.9 Å². The average Bonchev–Trinajstić information content (AvgIpc) is 3.30. The summed E-state index contributed by atoms with van der Waals surface area (Å²) in [5.74, 6) is 0.308. The molecule has 0 bridgehead atoms. The van der Waals surface area contributed by atoms with Crippen LogP contribution in [0, 0.1) is 0 Å². The Morgan fingerprint density at radius 2 is 1.65 bits per heavy atom. The Hall–Kier alpha value is -2.96. The van der Waals surface area contributed by atoms with Gasteiger partial charge < -0.3 is 18.9 Å². The molecule has 0 amide bonds. The van der Waals surface area contributed by atoms with Gasteiger partial charge in [0.05, 0.1) is 19.3 Å². The van der Waals surface area contributed by atoms with Crippen molar-refractivity contribution in [2.24, 2.45) is 0 Å². The predicted molar refractivity (Wildman–Crippen MR) is 146 cm³/mol. The zero-order valence-corrected chi connectivity index (χ0v) is 22.0. The van der Waals surface area contributed by atoms with Crippen molar-refractivity contribution in [3.8, 4) is 5.75 Å². The van der Waals surface area contributed by atoms with Gasteiger partial charge in [0.25, 0.3) is 0 Å². The molecule has 0 saturated carbocycles. The minimum absolute atomic E-state index is 0.0630. The Balaban J connectivity index is 1.29. The van der Waals surface area contributed by atoms with Crippen LogP contribution in [0.3, 0.4) is 0 Å². The molecule has 5 nitrogen and oxygen atoms in total. The second kappa shape index (κ2) is 11.6. The standard InChI is InChI=1S/C32H37NO4/c1-24(26-12-8-5-9-13-26)33-19-18-30(31(20-33)35-22-29-23-36-32(2,3)37-29)27-14-16-28(17-15-27)34-21-25-10-6-4-7-11-25/h4-18,24,29,31H,19-23H2,1-3H3/t24-,29+,31-/m1/s1. The monoisotopic (exact) mass is 499 g/mol. The molecule has 0 N–H and O–H groups in total. The van der Waals surface area contributed by atoms with Gasteiger partial charge in [0.15, 0.2) is 5.79 Å². The predicted octanol–water partition coefficient (Wildman–Crippen LogP) is 6.26. The molecule has 2 aliphatic heterocycles. The van der Waals surface area contributed by atoms with Gasteiger partial charge in [0, 0.05) is 19.1 Å².